The Balaban J connectivity index is 3.08. The van der Waals surface area contributed by atoms with Gasteiger partial charge in [-0.25, -0.2) is 0 Å². The highest BCUT2D eigenvalue weighted by Crippen LogP contribution is 2.28. The molecule has 0 amide bonds. The van der Waals surface area contributed by atoms with E-state index in [4.69, 9.17) is 15.3 Å². The molecule has 0 bridgehead atoms. The Hall–Kier alpha value is -1.26. The Labute approximate surface area is 84.0 Å². The van der Waals surface area contributed by atoms with E-state index in [-0.39, 0.29) is 6.04 Å². The molecule has 0 spiro atoms. The van der Waals surface area contributed by atoms with Crippen LogP contribution >= 0.6 is 0 Å². The molecule has 1 unspecified atom stereocenters. The third-order valence-electron chi connectivity index (χ3n) is 2.15. The molecule has 0 fully saturated rings. The molecule has 0 aliphatic heterocycles. The van der Waals surface area contributed by atoms with Crippen LogP contribution in [0.4, 0.5) is 0 Å². The minimum Gasteiger partial charge on any atom is -0.497 e. The quantitative estimate of drug-likeness (QED) is 0.561. The summed E-state index contributed by atoms with van der Waals surface area (Å²) in [7, 11) is 3.26. The Morgan fingerprint density at radius 1 is 1.29 bits per heavy atom. The van der Waals surface area contributed by atoms with Crippen LogP contribution in [0, 0.1) is 0 Å². The van der Waals surface area contributed by atoms with E-state index >= 15 is 0 Å². The van der Waals surface area contributed by atoms with Gasteiger partial charge in [0.1, 0.15) is 11.5 Å². The second-order valence-electron chi connectivity index (χ2n) is 3.00. The summed E-state index contributed by atoms with van der Waals surface area (Å²) in [4.78, 5) is 0. The van der Waals surface area contributed by atoms with Gasteiger partial charge in [0.2, 0.25) is 0 Å². The molecule has 1 aromatic rings. The lowest BCUT2D eigenvalue weighted by molar-refractivity contribution is 0.392. The molecule has 14 heavy (non-hydrogen) atoms. The van der Waals surface area contributed by atoms with Crippen molar-refractivity contribution in [2.75, 3.05) is 14.2 Å². The zero-order valence-corrected chi connectivity index (χ0v) is 8.70. The molecule has 0 radical (unpaired) electrons. The van der Waals surface area contributed by atoms with Gasteiger partial charge in [0.25, 0.3) is 0 Å². The van der Waals surface area contributed by atoms with Gasteiger partial charge in [-0.2, -0.15) is 0 Å². The first-order valence-electron chi connectivity index (χ1n) is 4.41. The summed E-state index contributed by atoms with van der Waals surface area (Å²) in [5.74, 6) is 6.97. The summed E-state index contributed by atoms with van der Waals surface area (Å²) < 4.78 is 10.3. The van der Waals surface area contributed by atoms with Crippen molar-refractivity contribution in [3.05, 3.63) is 23.8 Å². The average molecular weight is 196 g/mol. The number of hydrazine groups is 1. The smallest absolute Gasteiger partial charge is 0.123 e. The number of ether oxygens (including phenoxy) is 2. The lowest BCUT2D eigenvalue weighted by Gasteiger charge is -2.15. The standard InChI is InChI=1S/C10H16N2O2/c1-7(12-11)9-6-8(13-2)4-5-10(9)14-3/h4-7,12H,11H2,1-3H3. The van der Waals surface area contributed by atoms with Crippen LogP contribution in [0.25, 0.3) is 0 Å². The Bertz CT molecular complexity index is 302. The lowest BCUT2D eigenvalue weighted by atomic mass is 10.1. The average Bonchev–Trinajstić information content (AvgIpc) is 2.27. The zero-order valence-electron chi connectivity index (χ0n) is 8.70. The van der Waals surface area contributed by atoms with Gasteiger partial charge in [-0.3, -0.25) is 11.3 Å². The fourth-order valence-electron chi connectivity index (χ4n) is 1.27. The largest absolute Gasteiger partial charge is 0.497 e. The first-order valence-corrected chi connectivity index (χ1v) is 4.41. The van der Waals surface area contributed by atoms with Crippen LogP contribution in [0.3, 0.4) is 0 Å². The number of benzene rings is 1. The monoisotopic (exact) mass is 196 g/mol. The van der Waals surface area contributed by atoms with E-state index in [0.717, 1.165) is 17.1 Å². The highest BCUT2D eigenvalue weighted by Gasteiger charge is 2.10. The molecule has 1 atom stereocenters. The number of hydrogen-bond acceptors (Lipinski definition) is 4. The molecule has 1 aromatic carbocycles. The summed E-state index contributed by atoms with van der Waals surface area (Å²) in [5, 5.41) is 0. The molecule has 3 N–H and O–H groups in total. The van der Waals surface area contributed by atoms with Gasteiger partial charge in [0.05, 0.1) is 14.2 Å². The predicted molar refractivity (Wildman–Crippen MR) is 55.3 cm³/mol. The van der Waals surface area contributed by atoms with Crippen molar-refractivity contribution in [2.24, 2.45) is 5.84 Å². The minimum atomic E-state index is 0.0278. The van der Waals surface area contributed by atoms with Crippen molar-refractivity contribution in [3.63, 3.8) is 0 Å². The molecule has 0 aliphatic rings. The van der Waals surface area contributed by atoms with Crippen molar-refractivity contribution in [1.29, 1.82) is 0 Å². The summed E-state index contributed by atoms with van der Waals surface area (Å²) in [6.07, 6.45) is 0. The lowest BCUT2D eigenvalue weighted by Crippen LogP contribution is -2.25. The van der Waals surface area contributed by atoms with E-state index in [1.165, 1.54) is 0 Å². The highest BCUT2D eigenvalue weighted by molar-refractivity contribution is 5.41. The van der Waals surface area contributed by atoms with E-state index < -0.39 is 0 Å². The first-order chi connectivity index (χ1) is 6.72. The fraction of sp³-hybridized carbons (Fsp3) is 0.400. The molecule has 0 saturated heterocycles. The molecule has 1 rings (SSSR count). The summed E-state index contributed by atoms with van der Waals surface area (Å²) in [6, 6.07) is 5.65. The molecule has 4 nitrogen and oxygen atoms in total. The van der Waals surface area contributed by atoms with Crippen LogP contribution in [-0.4, -0.2) is 14.2 Å². The van der Waals surface area contributed by atoms with E-state index in [0.29, 0.717) is 0 Å². The summed E-state index contributed by atoms with van der Waals surface area (Å²) >= 11 is 0. The molecular formula is C10H16N2O2. The van der Waals surface area contributed by atoms with E-state index in [1.54, 1.807) is 14.2 Å². The SMILES string of the molecule is COc1ccc(OC)c(C(C)NN)c1. The van der Waals surface area contributed by atoms with Gasteiger partial charge >= 0.3 is 0 Å². The molecular weight excluding hydrogens is 180 g/mol. The van der Waals surface area contributed by atoms with Crippen LogP contribution in [-0.2, 0) is 0 Å². The number of methoxy groups -OCH3 is 2. The van der Waals surface area contributed by atoms with Crippen molar-refractivity contribution in [3.8, 4) is 11.5 Å². The fourth-order valence-corrected chi connectivity index (χ4v) is 1.27. The molecule has 4 heteroatoms. The minimum absolute atomic E-state index is 0.0278. The van der Waals surface area contributed by atoms with Crippen molar-refractivity contribution >= 4 is 0 Å². The number of hydrogen-bond donors (Lipinski definition) is 2. The third kappa shape index (κ3) is 2.16. The Kier molecular flexibility index (Phi) is 3.73. The molecule has 78 valence electrons. The highest BCUT2D eigenvalue weighted by atomic mass is 16.5. The number of rotatable bonds is 4. The Morgan fingerprint density at radius 3 is 2.50 bits per heavy atom. The van der Waals surface area contributed by atoms with Crippen molar-refractivity contribution in [2.45, 2.75) is 13.0 Å². The van der Waals surface area contributed by atoms with E-state index in [9.17, 15) is 0 Å². The second-order valence-corrected chi connectivity index (χ2v) is 3.00. The van der Waals surface area contributed by atoms with Crippen LogP contribution in [0.2, 0.25) is 0 Å². The van der Waals surface area contributed by atoms with Crippen molar-refractivity contribution < 1.29 is 9.47 Å². The van der Waals surface area contributed by atoms with Crippen LogP contribution in [0.1, 0.15) is 18.5 Å². The number of nitrogens with one attached hydrogen (secondary N) is 1. The molecule has 0 aromatic heterocycles. The molecule has 0 aliphatic carbocycles. The maximum Gasteiger partial charge on any atom is 0.123 e. The summed E-state index contributed by atoms with van der Waals surface area (Å²) in [5.41, 5.74) is 3.65. The van der Waals surface area contributed by atoms with Gasteiger partial charge < -0.3 is 9.47 Å². The van der Waals surface area contributed by atoms with E-state index in [2.05, 4.69) is 5.43 Å². The zero-order chi connectivity index (χ0) is 10.6. The van der Waals surface area contributed by atoms with Crippen LogP contribution in [0.15, 0.2) is 18.2 Å². The number of nitrogens with two attached hydrogens (primary N) is 1. The van der Waals surface area contributed by atoms with Gasteiger partial charge in [-0.05, 0) is 25.1 Å². The maximum absolute atomic E-state index is 5.37. The van der Waals surface area contributed by atoms with Gasteiger partial charge in [0.15, 0.2) is 0 Å². The third-order valence-corrected chi connectivity index (χ3v) is 2.15. The predicted octanol–water partition coefficient (Wildman–Crippen LogP) is 1.23. The topological polar surface area (TPSA) is 56.5 Å². The van der Waals surface area contributed by atoms with Crippen molar-refractivity contribution in [1.82, 2.24) is 5.43 Å². The molecule has 0 saturated carbocycles. The normalized spacial score (nSPS) is 12.3. The van der Waals surface area contributed by atoms with Crippen LogP contribution in [0.5, 0.6) is 11.5 Å². The van der Waals surface area contributed by atoms with Gasteiger partial charge in [-0.15, -0.1) is 0 Å². The summed E-state index contributed by atoms with van der Waals surface area (Å²) in [6.45, 7) is 1.96. The van der Waals surface area contributed by atoms with Gasteiger partial charge in [-0.1, -0.05) is 0 Å². The van der Waals surface area contributed by atoms with Crippen LogP contribution < -0.4 is 20.7 Å². The maximum atomic E-state index is 5.37. The van der Waals surface area contributed by atoms with E-state index in [1.807, 2.05) is 25.1 Å². The Morgan fingerprint density at radius 2 is 2.00 bits per heavy atom. The van der Waals surface area contributed by atoms with Gasteiger partial charge in [0, 0.05) is 11.6 Å². The molecule has 0 heterocycles. The second kappa shape index (κ2) is 4.83. The first kappa shape index (κ1) is 10.8.